The Bertz CT molecular complexity index is 590. The third kappa shape index (κ3) is 5.47. The number of carbonyl (C=O) groups excluding carboxylic acids is 1. The van der Waals surface area contributed by atoms with Crippen LogP contribution in [0.25, 0.3) is 0 Å². The van der Waals surface area contributed by atoms with Gasteiger partial charge in [0.2, 0.25) is 0 Å². The minimum Gasteiger partial charge on any atom is -0.444 e. The fourth-order valence-electron chi connectivity index (χ4n) is 2.24. The van der Waals surface area contributed by atoms with Crippen LogP contribution in [0.1, 0.15) is 77.3 Å². The van der Waals surface area contributed by atoms with Gasteiger partial charge in [-0.2, -0.15) is 0 Å². The van der Waals surface area contributed by atoms with Gasteiger partial charge in [0.1, 0.15) is 11.3 Å². The highest BCUT2D eigenvalue weighted by molar-refractivity contribution is 5.67. The fraction of sp³-hybridized carbons (Fsp3) is 0.647. The highest BCUT2D eigenvalue weighted by Crippen LogP contribution is 2.33. The molecule has 134 valence electrons. The number of rotatable bonds is 5. The van der Waals surface area contributed by atoms with E-state index in [1.54, 1.807) is 26.8 Å². The molecule has 0 bridgehead atoms. The third-order valence-electron chi connectivity index (χ3n) is 3.27. The van der Waals surface area contributed by atoms with E-state index in [9.17, 15) is 14.9 Å². The molecule has 0 saturated carbocycles. The van der Waals surface area contributed by atoms with Gasteiger partial charge >= 0.3 is 6.09 Å². The topological polar surface area (TPSA) is 94.4 Å². The Kier molecular flexibility index (Phi) is 6.29. The summed E-state index contributed by atoms with van der Waals surface area (Å²) < 4.78 is 5.19. The predicted octanol–water partition coefficient (Wildman–Crippen LogP) is 4.26. The molecular formula is C17H27N3O4. The van der Waals surface area contributed by atoms with E-state index in [1.165, 1.54) is 0 Å². The molecule has 0 spiro atoms. The minimum absolute atomic E-state index is 0.0221. The van der Waals surface area contributed by atoms with Gasteiger partial charge in [0, 0.05) is 11.5 Å². The molecule has 7 nitrogen and oxygen atoms in total. The zero-order valence-corrected chi connectivity index (χ0v) is 15.5. The van der Waals surface area contributed by atoms with Gasteiger partial charge in [0.15, 0.2) is 0 Å². The lowest BCUT2D eigenvalue weighted by molar-refractivity contribution is -0.386. The number of amides is 1. The van der Waals surface area contributed by atoms with Crippen LogP contribution in [0.5, 0.6) is 0 Å². The van der Waals surface area contributed by atoms with Crippen molar-refractivity contribution in [2.75, 3.05) is 0 Å². The monoisotopic (exact) mass is 337 g/mol. The van der Waals surface area contributed by atoms with Crippen LogP contribution in [-0.4, -0.2) is 21.6 Å². The minimum atomic E-state index is -0.584. The molecule has 0 aliphatic rings. The Balaban J connectivity index is 3.13. The van der Waals surface area contributed by atoms with Crippen molar-refractivity contribution in [3.63, 3.8) is 0 Å². The molecule has 1 rings (SSSR count). The Morgan fingerprint density at radius 1 is 1.29 bits per heavy atom. The van der Waals surface area contributed by atoms with Gasteiger partial charge in [-0.1, -0.05) is 27.7 Å². The molecule has 1 aromatic rings. The lowest BCUT2D eigenvalue weighted by Gasteiger charge is -2.20. The molecule has 0 saturated heterocycles. The molecule has 0 aromatic carbocycles. The number of nitrogens with zero attached hydrogens (tertiary/aromatic N) is 2. The average molecular weight is 337 g/mol. The van der Waals surface area contributed by atoms with E-state index in [-0.39, 0.29) is 29.0 Å². The second-order valence-electron chi connectivity index (χ2n) is 7.36. The number of ether oxygens (including phenoxy) is 1. The summed E-state index contributed by atoms with van der Waals surface area (Å²) >= 11 is 0. The van der Waals surface area contributed by atoms with Crippen LogP contribution in [0.3, 0.4) is 0 Å². The Morgan fingerprint density at radius 3 is 2.29 bits per heavy atom. The number of carbonyl (C=O) groups is 1. The Morgan fingerprint density at radius 2 is 1.88 bits per heavy atom. The highest BCUT2D eigenvalue weighted by Gasteiger charge is 2.26. The summed E-state index contributed by atoms with van der Waals surface area (Å²) in [6.45, 7) is 13.0. The number of aromatic nitrogens is 1. The normalized spacial score (nSPS) is 11.7. The summed E-state index contributed by atoms with van der Waals surface area (Å²) in [6, 6.07) is 1.69. The summed E-state index contributed by atoms with van der Waals surface area (Å²) in [6.07, 6.45) is -0.542. The smallest absolute Gasteiger partial charge is 0.407 e. The van der Waals surface area contributed by atoms with Crippen molar-refractivity contribution in [1.29, 1.82) is 0 Å². The van der Waals surface area contributed by atoms with Gasteiger partial charge in [-0.25, -0.2) is 9.78 Å². The molecule has 0 fully saturated rings. The maximum Gasteiger partial charge on any atom is 0.407 e. The van der Waals surface area contributed by atoms with Gasteiger partial charge < -0.3 is 10.1 Å². The van der Waals surface area contributed by atoms with Crippen LogP contribution in [0.2, 0.25) is 0 Å². The van der Waals surface area contributed by atoms with E-state index >= 15 is 0 Å². The maximum absolute atomic E-state index is 11.8. The lowest BCUT2D eigenvalue weighted by atomic mass is 9.96. The lowest BCUT2D eigenvalue weighted by Crippen LogP contribution is -2.32. The van der Waals surface area contributed by atoms with E-state index < -0.39 is 11.7 Å². The first-order valence-electron chi connectivity index (χ1n) is 8.07. The van der Waals surface area contributed by atoms with E-state index in [4.69, 9.17) is 4.74 Å². The van der Waals surface area contributed by atoms with Crippen LogP contribution in [-0.2, 0) is 11.3 Å². The van der Waals surface area contributed by atoms with Crippen molar-refractivity contribution in [2.24, 2.45) is 0 Å². The number of pyridine rings is 1. The summed E-state index contributed by atoms with van der Waals surface area (Å²) in [7, 11) is 0. The summed E-state index contributed by atoms with van der Waals surface area (Å²) in [5.41, 5.74) is 1.13. The van der Waals surface area contributed by atoms with E-state index in [2.05, 4.69) is 10.3 Å². The molecular weight excluding hydrogens is 310 g/mol. The SMILES string of the molecule is CC(C)c1cc(CNC(=O)OC(C)(C)C)nc(C(C)C)c1[N+](=O)[O-]. The molecule has 0 unspecified atom stereocenters. The Labute approximate surface area is 143 Å². The number of alkyl carbamates (subject to hydrolysis) is 1. The van der Waals surface area contributed by atoms with Crippen molar-refractivity contribution >= 4 is 11.8 Å². The number of hydrogen-bond acceptors (Lipinski definition) is 5. The van der Waals surface area contributed by atoms with Crippen molar-refractivity contribution in [1.82, 2.24) is 10.3 Å². The van der Waals surface area contributed by atoms with Crippen molar-refractivity contribution in [3.8, 4) is 0 Å². The third-order valence-corrected chi connectivity index (χ3v) is 3.27. The van der Waals surface area contributed by atoms with Crippen LogP contribution >= 0.6 is 0 Å². The molecule has 0 aliphatic heterocycles. The second kappa shape index (κ2) is 7.59. The summed E-state index contributed by atoms with van der Waals surface area (Å²) in [5.74, 6) is -0.115. The molecule has 1 heterocycles. The van der Waals surface area contributed by atoms with E-state index in [1.807, 2.05) is 27.7 Å². The predicted molar refractivity (Wildman–Crippen MR) is 92.1 cm³/mol. The fourth-order valence-corrected chi connectivity index (χ4v) is 2.24. The maximum atomic E-state index is 11.8. The zero-order valence-electron chi connectivity index (χ0n) is 15.5. The van der Waals surface area contributed by atoms with Crippen molar-refractivity contribution in [2.45, 2.75) is 72.4 Å². The second-order valence-corrected chi connectivity index (χ2v) is 7.36. The van der Waals surface area contributed by atoms with Gasteiger partial charge in [0.05, 0.1) is 17.2 Å². The van der Waals surface area contributed by atoms with Gasteiger partial charge in [-0.3, -0.25) is 10.1 Å². The average Bonchev–Trinajstić information content (AvgIpc) is 2.41. The van der Waals surface area contributed by atoms with Crippen LogP contribution in [0.15, 0.2) is 6.07 Å². The van der Waals surface area contributed by atoms with Crippen molar-refractivity contribution < 1.29 is 14.5 Å². The first kappa shape index (κ1) is 19.9. The quantitative estimate of drug-likeness (QED) is 0.640. The standard InChI is InChI=1S/C17H27N3O4/c1-10(2)13-8-12(9-18-16(21)24-17(5,6)7)19-14(11(3)4)15(13)20(22)23/h8,10-11H,9H2,1-7H3,(H,18,21). The van der Waals surface area contributed by atoms with Crippen molar-refractivity contribution in [3.05, 3.63) is 33.1 Å². The molecule has 0 aliphatic carbocycles. The molecule has 1 amide bonds. The number of nitro groups is 1. The largest absolute Gasteiger partial charge is 0.444 e. The van der Waals surface area contributed by atoms with E-state index in [0.717, 1.165) is 0 Å². The first-order chi connectivity index (χ1) is 10.9. The van der Waals surface area contributed by atoms with Gasteiger partial charge in [0.25, 0.3) is 5.69 Å². The highest BCUT2D eigenvalue weighted by atomic mass is 16.6. The summed E-state index contributed by atoms with van der Waals surface area (Å²) in [4.78, 5) is 27.3. The van der Waals surface area contributed by atoms with Crippen LogP contribution in [0.4, 0.5) is 10.5 Å². The van der Waals surface area contributed by atoms with Crippen LogP contribution in [0, 0.1) is 10.1 Å². The van der Waals surface area contributed by atoms with Crippen LogP contribution < -0.4 is 5.32 Å². The molecule has 1 aromatic heterocycles. The molecule has 1 N–H and O–H groups in total. The molecule has 7 heteroatoms. The molecule has 0 atom stereocenters. The number of hydrogen-bond donors (Lipinski definition) is 1. The van der Waals surface area contributed by atoms with Gasteiger partial charge in [-0.15, -0.1) is 0 Å². The van der Waals surface area contributed by atoms with E-state index in [0.29, 0.717) is 17.0 Å². The molecule has 0 radical (unpaired) electrons. The number of nitrogens with one attached hydrogen (secondary N) is 1. The Hall–Kier alpha value is -2.18. The summed E-state index contributed by atoms with van der Waals surface area (Å²) in [5, 5.41) is 14.1. The first-order valence-corrected chi connectivity index (χ1v) is 8.07. The molecule has 24 heavy (non-hydrogen) atoms. The van der Waals surface area contributed by atoms with Gasteiger partial charge in [-0.05, 0) is 32.8 Å². The zero-order chi connectivity index (χ0) is 18.7.